The minimum absolute atomic E-state index is 0.0933. The van der Waals surface area contributed by atoms with Crippen molar-refractivity contribution in [2.75, 3.05) is 0 Å². The number of alkyl halides is 5. The van der Waals surface area contributed by atoms with Crippen molar-refractivity contribution in [2.24, 2.45) is 0 Å². The molecule has 0 aliphatic heterocycles. The van der Waals surface area contributed by atoms with E-state index >= 15 is 0 Å². The van der Waals surface area contributed by atoms with E-state index in [1.807, 2.05) is 22.6 Å². The van der Waals surface area contributed by atoms with Gasteiger partial charge in [-0.2, -0.15) is 22.0 Å². The molecule has 0 fully saturated rings. The molecule has 0 saturated heterocycles. The molecule has 0 aliphatic carbocycles. The Morgan fingerprint density at radius 3 is 1.46 bits per heavy atom. The first-order valence-electron chi connectivity index (χ1n) is 5.11. The van der Waals surface area contributed by atoms with Gasteiger partial charge in [-0.05, 0) is 113 Å². The van der Waals surface area contributed by atoms with Crippen molar-refractivity contribution >= 4 is 123 Å². The predicted molar refractivity (Wildman–Crippen MR) is 115 cm³/mol. The van der Waals surface area contributed by atoms with Gasteiger partial charge >= 0.3 is 11.4 Å². The maximum atomic E-state index is 13.6. The van der Waals surface area contributed by atoms with Crippen LogP contribution < -0.4 is 4.74 Å². The minimum Gasteiger partial charge on any atom is -0.743 e. The molecular weight excluding hydrogens is 934 g/mol. The molecule has 24 heavy (non-hydrogen) atoms. The molecule has 0 aliphatic rings. The summed E-state index contributed by atoms with van der Waals surface area (Å²) in [7, 11) is -6.60. The van der Waals surface area contributed by atoms with E-state index in [2.05, 4.69) is 4.74 Å². The quantitative estimate of drug-likeness (QED) is 0.138. The minimum atomic E-state index is -6.60. The molecule has 0 heterocycles. The van der Waals surface area contributed by atoms with Crippen LogP contribution in [-0.2, 0) is 10.1 Å². The van der Waals surface area contributed by atoms with Crippen molar-refractivity contribution in [3.8, 4) is 5.75 Å². The Morgan fingerprint density at radius 2 is 1.17 bits per heavy atom. The Labute approximate surface area is 200 Å². The third-order valence-electron chi connectivity index (χ3n) is 2.34. The van der Waals surface area contributed by atoms with Crippen LogP contribution in [0, 0.1) is 17.9 Å². The Balaban J connectivity index is 3.60. The van der Waals surface area contributed by atoms with Gasteiger partial charge in [-0.25, -0.2) is 8.42 Å². The summed E-state index contributed by atoms with van der Waals surface area (Å²) in [6, 6.07) is 0. The van der Waals surface area contributed by atoms with Gasteiger partial charge in [-0.15, -0.1) is 0 Å². The molecule has 0 saturated carbocycles. The molecule has 1 aromatic carbocycles. The van der Waals surface area contributed by atoms with Gasteiger partial charge < -0.3 is 9.29 Å². The first-order chi connectivity index (χ1) is 10.5. The van der Waals surface area contributed by atoms with Gasteiger partial charge in [0.2, 0.25) is 0 Å². The van der Waals surface area contributed by atoms with E-state index in [0.29, 0.717) is 10.7 Å². The van der Waals surface area contributed by atoms with Crippen molar-refractivity contribution in [2.45, 2.75) is 17.5 Å². The largest absolute Gasteiger partial charge is 0.743 e. The summed E-state index contributed by atoms with van der Waals surface area (Å²) in [6.45, 7) is 0. The molecule has 4 nitrogen and oxygen atoms in total. The van der Waals surface area contributed by atoms with Crippen LogP contribution in [0.25, 0.3) is 0 Å². The van der Waals surface area contributed by atoms with Crippen molar-refractivity contribution in [1.82, 2.24) is 0 Å². The predicted octanol–water partition coefficient (Wildman–Crippen LogP) is 5.16. The third kappa shape index (κ3) is 4.98. The highest BCUT2D eigenvalue weighted by Crippen LogP contribution is 2.43. The fraction of sp³-hybridized carbons (Fsp3) is 0.333. The van der Waals surface area contributed by atoms with Crippen LogP contribution >= 0.6 is 113 Å². The van der Waals surface area contributed by atoms with Gasteiger partial charge in [0, 0.05) is 10.7 Å². The topological polar surface area (TPSA) is 66.4 Å². The molecule has 0 spiro atoms. The SMILES string of the molecule is O=S(=O)([O-])C(F)(F)C(Oc1c(I)c(I)c(I)c(I)c1I)C(F)(F)F. The molecule has 0 N–H and O–H groups in total. The molecule has 138 valence electrons. The molecule has 0 aromatic heterocycles. The first kappa shape index (κ1) is 24.3. The fourth-order valence-corrected chi connectivity index (χ4v) is 6.67. The molecule has 1 atom stereocenters. The van der Waals surface area contributed by atoms with Gasteiger partial charge in [0.15, 0.2) is 10.1 Å². The first-order valence-corrected chi connectivity index (χ1v) is 11.9. The zero-order chi connectivity index (χ0) is 19.2. The third-order valence-corrected chi connectivity index (χ3v) is 12.6. The number of halogens is 10. The maximum absolute atomic E-state index is 13.6. The lowest BCUT2D eigenvalue weighted by molar-refractivity contribution is -0.239. The van der Waals surface area contributed by atoms with Crippen LogP contribution in [0.2, 0.25) is 0 Å². The fourth-order valence-electron chi connectivity index (χ4n) is 1.26. The number of hydrogen-bond donors (Lipinski definition) is 0. The average molecular weight is 935 g/mol. The average Bonchev–Trinajstić information content (AvgIpc) is 2.40. The molecule has 1 aromatic rings. The summed E-state index contributed by atoms with van der Waals surface area (Å²) in [5.74, 6) is -0.559. The second-order valence-electron chi connectivity index (χ2n) is 3.95. The summed E-state index contributed by atoms with van der Waals surface area (Å²) in [5, 5.41) is -5.68. The lowest BCUT2D eigenvalue weighted by atomic mass is 10.3. The van der Waals surface area contributed by atoms with E-state index in [0.717, 1.165) is 0 Å². The van der Waals surface area contributed by atoms with E-state index in [-0.39, 0.29) is 7.14 Å². The van der Waals surface area contributed by atoms with Gasteiger partial charge in [0.1, 0.15) is 5.75 Å². The number of rotatable bonds is 4. The van der Waals surface area contributed by atoms with Crippen LogP contribution in [0.5, 0.6) is 5.75 Å². The summed E-state index contributed by atoms with van der Waals surface area (Å²) in [6.07, 6.45) is -9.91. The molecule has 0 radical (unpaired) electrons. The molecule has 0 amide bonds. The Kier molecular flexibility index (Phi) is 8.40. The van der Waals surface area contributed by atoms with Crippen LogP contribution in [-0.4, -0.2) is 30.5 Å². The monoisotopic (exact) mass is 934 g/mol. The standard InChI is InChI=1S/C9H2F5I5O4S/c10-8(11,12)7(9(13,14)24(20,21)22)23-6-4(18)2(16)1(15)3(17)5(6)19/h7H,(H,20,21,22)/p-1. The zero-order valence-corrected chi connectivity index (χ0v) is 22.0. The summed E-state index contributed by atoms with van der Waals surface area (Å²) >= 11 is 8.70. The molecule has 0 bridgehead atoms. The Bertz CT molecular complexity index is 738. The van der Waals surface area contributed by atoms with E-state index in [9.17, 15) is 34.9 Å². The van der Waals surface area contributed by atoms with Crippen LogP contribution in [0.15, 0.2) is 0 Å². The van der Waals surface area contributed by atoms with Crippen molar-refractivity contribution in [3.63, 3.8) is 0 Å². The van der Waals surface area contributed by atoms with Crippen molar-refractivity contribution < 1.29 is 39.7 Å². The second-order valence-corrected chi connectivity index (χ2v) is 10.8. The number of hydrogen-bond acceptors (Lipinski definition) is 4. The summed E-state index contributed by atoms with van der Waals surface area (Å²) < 4.78 is 104. The van der Waals surface area contributed by atoms with Crippen molar-refractivity contribution in [1.29, 1.82) is 0 Å². The lowest BCUT2D eigenvalue weighted by Gasteiger charge is -2.31. The van der Waals surface area contributed by atoms with Crippen LogP contribution in [0.4, 0.5) is 22.0 Å². The van der Waals surface area contributed by atoms with Crippen LogP contribution in [0.1, 0.15) is 0 Å². The van der Waals surface area contributed by atoms with Gasteiger partial charge in [-0.1, -0.05) is 0 Å². The number of benzene rings is 1. The van der Waals surface area contributed by atoms with E-state index in [1.165, 1.54) is 0 Å². The highest BCUT2D eigenvalue weighted by Gasteiger charge is 2.62. The van der Waals surface area contributed by atoms with E-state index in [1.54, 1.807) is 90.4 Å². The molecule has 1 unspecified atom stereocenters. The van der Waals surface area contributed by atoms with Gasteiger partial charge in [-0.3, -0.25) is 0 Å². The Hall–Kier alpha value is 2.23. The zero-order valence-electron chi connectivity index (χ0n) is 10.4. The second kappa shape index (κ2) is 8.31. The highest BCUT2D eigenvalue weighted by atomic mass is 127. The van der Waals surface area contributed by atoms with Crippen molar-refractivity contribution in [3.05, 3.63) is 17.9 Å². The maximum Gasteiger partial charge on any atom is 0.432 e. The van der Waals surface area contributed by atoms with Gasteiger partial charge in [0.05, 0.1) is 7.14 Å². The highest BCUT2D eigenvalue weighted by molar-refractivity contribution is 14.1. The summed E-state index contributed by atoms with van der Waals surface area (Å²) in [4.78, 5) is 0. The normalized spacial score (nSPS) is 14.6. The van der Waals surface area contributed by atoms with Crippen LogP contribution in [0.3, 0.4) is 0 Å². The van der Waals surface area contributed by atoms with E-state index in [4.69, 9.17) is 0 Å². The summed E-state index contributed by atoms with van der Waals surface area (Å²) in [5.41, 5.74) is 0. The molecule has 15 heteroatoms. The lowest BCUT2D eigenvalue weighted by Crippen LogP contribution is -2.53. The smallest absolute Gasteiger partial charge is 0.432 e. The van der Waals surface area contributed by atoms with Gasteiger partial charge in [0.25, 0.3) is 6.10 Å². The number of ether oxygens (including phenoxy) is 1. The Morgan fingerprint density at radius 1 is 0.833 bits per heavy atom. The molecule has 1 rings (SSSR count). The van der Waals surface area contributed by atoms with E-state index < -0.39 is 33.4 Å². The molecular formula is C9HF5I5O4S-.